The van der Waals surface area contributed by atoms with Gasteiger partial charge in [-0.2, -0.15) is 0 Å². The molecule has 0 radical (unpaired) electrons. The van der Waals surface area contributed by atoms with Crippen LogP contribution in [0.3, 0.4) is 0 Å². The first-order valence-corrected chi connectivity index (χ1v) is 13.3. The van der Waals surface area contributed by atoms with Crippen molar-refractivity contribution in [2.45, 2.75) is 64.7 Å². The minimum atomic E-state index is -0.0698. The number of anilines is 2. The number of fused-ring (bicyclic) bond motifs is 1. The lowest BCUT2D eigenvalue weighted by molar-refractivity contribution is 0.256. The van der Waals surface area contributed by atoms with Gasteiger partial charge in [0.05, 0.1) is 6.61 Å². The number of nitrogens with one attached hydrogen (secondary N) is 1. The second-order valence-corrected chi connectivity index (χ2v) is 9.59. The molecule has 1 aliphatic rings. The second kappa shape index (κ2) is 14.6. The summed E-state index contributed by atoms with van der Waals surface area (Å²) in [4.78, 5) is 17.2. The van der Waals surface area contributed by atoms with E-state index >= 15 is 0 Å². The zero-order valence-electron chi connectivity index (χ0n) is 21.7. The van der Waals surface area contributed by atoms with Crippen LogP contribution < -0.4 is 15.0 Å². The van der Waals surface area contributed by atoms with Crippen molar-refractivity contribution in [2.75, 3.05) is 43.5 Å². The first-order chi connectivity index (χ1) is 17.1. The van der Waals surface area contributed by atoms with Gasteiger partial charge in [-0.05, 0) is 93.6 Å². The molecule has 5 nitrogen and oxygen atoms in total. The molecule has 190 valence electrons. The average Bonchev–Trinajstić information content (AvgIpc) is 2.87. The molecule has 0 spiro atoms. The van der Waals surface area contributed by atoms with Crippen molar-refractivity contribution in [3.8, 4) is 5.75 Å². The van der Waals surface area contributed by atoms with Gasteiger partial charge in [0.1, 0.15) is 5.75 Å². The van der Waals surface area contributed by atoms with Crippen LogP contribution in [0.5, 0.6) is 5.75 Å². The van der Waals surface area contributed by atoms with E-state index in [2.05, 4.69) is 49.0 Å². The minimum absolute atomic E-state index is 0.0698. The molecule has 2 aromatic carbocycles. The number of amides is 2. The quantitative estimate of drug-likeness (QED) is 0.234. The molecule has 1 N–H and O–H groups in total. The number of nitrogens with zero attached hydrogens (tertiary/aromatic N) is 2. The summed E-state index contributed by atoms with van der Waals surface area (Å²) in [5.74, 6) is 0.902. The lowest BCUT2D eigenvalue weighted by Gasteiger charge is -2.30. The molecular weight excluding hydrogens is 434 g/mol. The van der Waals surface area contributed by atoms with Crippen LogP contribution in [0.25, 0.3) is 0 Å². The third kappa shape index (κ3) is 8.74. The maximum absolute atomic E-state index is 13.0. The number of benzene rings is 2. The van der Waals surface area contributed by atoms with Crippen LogP contribution in [0.4, 0.5) is 16.2 Å². The Morgan fingerprint density at radius 3 is 2.69 bits per heavy atom. The van der Waals surface area contributed by atoms with Gasteiger partial charge in [-0.1, -0.05) is 44.4 Å². The van der Waals surface area contributed by atoms with Gasteiger partial charge in [0.15, 0.2) is 0 Å². The molecule has 0 fully saturated rings. The van der Waals surface area contributed by atoms with Crippen LogP contribution in [0.2, 0.25) is 0 Å². The fourth-order valence-corrected chi connectivity index (χ4v) is 4.54. The molecule has 2 aromatic rings. The molecule has 35 heavy (non-hydrogen) atoms. The van der Waals surface area contributed by atoms with E-state index in [1.54, 1.807) is 0 Å². The van der Waals surface area contributed by atoms with Crippen LogP contribution in [0.1, 0.15) is 63.0 Å². The van der Waals surface area contributed by atoms with E-state index in [-0.39, 0.29) is 6.03 Å². The average molecular weight is 478 g/mol. The van der Waals surface area contributed by atoms with Gasteiger partial charge in [-0.25, -0.2) is 4.79 Å². The monoisotopic (exact) mass is 477 g/mol. The fraction of sp³-hybridized carbons (Fsp3) is 0.500. The Balaban J connectivity index is 1.45. The van der Waals surface area contributed by atoms with Crippen molar-refractivity contribution in [1.82, 2.24) is 4.90 Å². The molecule has 3 rings (SSSR count). The highest BCUT2D eigenvalue weighted by Crippen LogP contribution is 2.31. The predicted octanol–water partition coefficient (Wildman–Crippen LogP) is 7.07. The van der Waals surface area contributed by atoms with Crippen molar-refractivity contribution < 1.29 is 9.53 Å². The molecular formula is C30H43N3O2. The number of likely N-dealkylation sites (N-methyl/N-ethyl adjacent to an activating group) is 1. The Kier molecular flexibility index (Phi) is 11.2. The Labute approximate surface area is 212 Å². The fourth-order valence-electron chi connectivity index (χ4n) is 4.54. The number of aryl methyl sites for hydroxylation is 2. The number of ether oxygens (including phenoxy) is 1. The van der Waals surface area contributed by atoms with Crippen LogP contribution >= 0.6 is 0 Å². The van der Waals surface area contributed by atoms with Gasteiger partial charge in [0.2, 0.25) is 0 Å². The summed E-state index contributed by atoms with van der Waals surface area (Å²) in [5.41, 5.74) is 4.33. The van der Waals surface area contributed by atoms with Crippen molar-refractivity contribution in [3.63, 3.8) is 0 Å². The SMILES string of the molecule is C=CCN(C)CCCCCCOc1ccc2c(c1)CCCN2C(=O)Nc1ccc(CCCC)cc1. The Morgan fingerprint density at radius 2 is 1.91 bits per heavy atom. The van der Waals surface area contributed by atoms with E-state index in [4.69, 9.17) is 4.74 Å². The maximum atomic E-state index is 13.0. The van der Waals surface area contributed by atoms with Crippen molar-refractivity contribution in [2.24, 2.45) is 0 Å². The van der Waals surface area contributed by atoms with Gasteiger partial charge in [0, 0.05) is 24.5 Å². The topological polar surface area (TPSA) is 44.8 Å². The van der Waals surface area contributed by atoms with Gasteiger partial charge in [-0.3, -0.25) is 4.90 Å². The van der Waals surface area contributed by atoms with Crippen LogP contribution in [0.15, 0.2) is 55.1 Å². The number of hydrogen-bond acceptors (Lipinski definition) is 3. The molecule has 0 unspecified atom stereocenters. The highest BCUT2D eigenvalue weighted by atomic mass is 16.5. The molecule has 2 amide bonds. The first-order valence-electron chi connectivity index (χ1n) is 13.3. The first kappa shape index (κ1) is 26.8. The highest BCUT2D eigenvalue weighted by Gasteiger charge is 2.23. The van der Waals surface area contributed by atoms with Crippen LogP contribution in [0, 0.1) is 0 Å². The van der Waals surface area contributed by atoms with E-state index in [9.17, 15) is 4.79 Å². The number of rotatable bonds is 14. The molecule has 1 aliphatic heterocycles. The highest BCUT2D eigenvalue weighted by molar-refractivity contribution is 6.02. The third-order valence-electron chi connectivity index (χ3n) is 6.58. The molecule has 0 aliphatic carbocycles. The molecule has 0 aromatic heterocycles. The predicted molar refractivity (Wildman–Crippen MR) is 148 cm³/mol. The van der Waals surface area contributed by atoms with E-state index < -0.39 is 0 Å². The van der Waals surface area contributed by atoms with Crippen molar-refractivity contribution in [3.05, 3.63) is 66.2 Å². The van der Waals surface area contributed by atoms with E-state index in [0.29, 0.717) is 0 Å². The molecule has 0 atom stereocenters. The Morgan fingerprint density at radius 1 is 1.11 bits per heavy atom. The van der Waals surface area contributed by atoms with Gasteiger partial charge >= 0.3 is 6.03 Å². The summed E-state index contributed by atoms with van der Waals surface area (Å²) in [5, 5.41) is 3.07. The maximum Gasteiger partial charge on any atom is 0.326 e. The Hall–Kier alpha value is -2.79. The lowest BCUT2D eigenvalue weighted by Crippen LogP contribution is -2.38. The van der Waals surface area contributed by atoms with E-state index in [0.717, 1.165) is 69.0 Å². The summed E-state index contributed by atoms with van der Waals surface area (Å²) in [6, 6.07) is 14.3. The number of carbonyl (C=O) groups excluding carboxylic acids is 1. The molecule has 0 saturated heterocycles. The summed E-state index contributed by atoms with van der Waals surface area (Å²) >= 11 is 0. The Bertz CT molecular complexity index is 926. The lowest BCUT2D eigenvalue weighted by atomic mass is 10.0. The number of hydrogen-bond donors (Lipinski definition) is 1. The summed E-state index contributed by atoms with van der Waals surface area (Å²) in [7, 11) is 2.14. The molecule has 0 saturated carbocycles. The zero-order chi connectivity index (χ0) is 24.9. The largest absolute Gasteiger partial charge is 0.494 e. The van der Waals surface area contributed by atoms with E-state index in [1.807, 2.05) is 35.2 Å². The minimum Gasteiger partial charge on any atom is -0.494 e. The van der Waals surface area contributed by atoms with Gasteiger partial charge in [-0.15, -0.1) is 6.58 Å². The van der Waals surface area contributed by atoms with Crippen LogP contribution in [-0.2, 0) is 12.8 Å². The second-order valence-electron chi connectivity index (χ2n) is 9.59. The van der Waals surface area contributed by atoms with Crippen LogP contribution in [-0.4, -0.2) is 44.2 Å². The zero-order valence-corrected chi connectivity index (χ0v) is 21.7. The molecule has 0 bridgehead atoms. The third-order valence-corrected chi connectivity index (χ3v) is 6.58. The smallest absolute Gasteiger partial charge is 0.326 e. The number of unbranched alkanes of at least 4 members (excludes halogenated alkanes) is 4. The van der Waals surface area contributed by atoms with Gasteiger partial charge < -0.3 is 15.0 Å². The van der Waals surface area contributed by atoms with Crippen molar-refractivity contribution in [1.29, 1.82) is 0 Å². The molecule has 5 heteroatoms. The van der Waals surface area contributed by atoms with Gasteiger partial charge in [0.25, 0.3) is 0 Å². The van der Waals surface area contributed by atoms with Crippen molar-refractivity contribution >= 4 is 17.4 Å². The summed E-state index contributed by atoms with van der Waals surface area (Å²) in [6.07, 6.45) is 12.0. The molecule has 1 heterocycles. The standard InChI is InChI=1S/C30H43N3O2/c1-4-6-12-25-14-16-27(17-15-25)31-30(34)33-22-11-13-26-24-28(18-19-29(26)33)35-23-10-8-7-9-21-32(3)20-5-2/h5,14-19,24H,2,4,6-13,20-23H2,1,3H3,(H,31,34). The number of carbonyl (C=O) groups is 1. The normalized spacial score (nSPS) is 12.9. The number of urea groups is 1. The summed E-state index contributed by atoms with van der Waals surface area (Å²) in [6.45, 7) is 9.52. The van der Waals surface area contributed by atoms with E-state index in [1.165, 1.54) is 43.2 Å². The summed E-state index contributed by atoms with van der Waals surface area (Å²) < 4.78 is 6.03.